The molecule has 0 radical (unpaired) electrons. The number of benzene rings is 1. The Balaban J connectivity index is 1.38. The Hall–Kier alpha value is -2.34. The molecule has 27 heavy (non-hydrogen) atoms. The van der Waals surface area contributed by atoms with E-state index in [4.69, 9.17) is 0 Å². The van der Waals surface area contributed by atoms with Crippen molar-refractivity contribution in [1.29, 1.82) is 0 Å². The summed E-state index contributed by atoms with van der Waals surface area (Å²) >= 11 is 0. The van der Waals surface area contributed by atoms with Crippen LogP contribution in [0.3, 0.4) is 0 Å². The molecule has 146 valence electrons. The molecular formula is C21H31N5O. The van der Waals surface area contributed by atoms with Crippen LogP contribution in [0.4, 0.5) is 10.5 Å². The molecule has 0 aliphatic carbocycles. The Morgan fingerprint density at radius 3 is 2.67 bits per heavy atom. The number of nitrogens with zero attached hydrogens (tertiary/aromatic N) is 3. The van der Waals surface area contributed by atoms with Crippen molar-refractivity contribution in [1.82, 2.24) is 20.0 Å². The van der Waals surface area contributed by atoms with Gasteiger partial charge in [-0.15, -0.1) is 0 Å². The molecule has 2 amide bonds. The van der Waals surface area contributed by atoms with Crippen LogP contribution in [0.2, 0.25) is 0 Å². The van der Waals surface area contributed by atoms with Gasteiger partial charge < -0.3 is 15.5 Å². The van der Waals surface area contributed by atoms with Crippen molar-refractivity contribution in [3.63, 3.8) is 0 Å². The van der Waals surface area contributed by atoms with Gasteiger partial charge in [0.15, 0.2) is 0 Å². The monoisotopic (exact) mass is 369 g/mol. The average Bonchev–Trinajstić information content (AvgIpc) is 3.15. The van der Waals surface area contributed by atoms with Crippen molar-refractivity contribution in [2.45, 2.75) is 33.1 Å². The number of amides is 2. The van der Waals surface area contributed by atoms with E-state index >= 15 is 0 Å². The van der Waals surface area contributed by atoms with Crippen LogP contribution in [0.5, 0.6) is 0 Å². The highest BCUT2D eigenvalue weighted by Crippen LogP contribution is 2.21. The number of aromatic nitrogens is 2. The van der Waals surface area contributed by atoms with Gasteiger partial charge in [0.25, 0.3) is 0 Å². The zero-order chi connectivity index (χ0) is 19.1. The number of unbranched alkanes of at least 4 members (excludes halogenated alkanes) is 1. The Morgan fingerprint density at radius 2 is 1.93 bits per heavy atom. The first-order valence-corrected chi connectivity index (χ1v) is 9.98. The van der Waals surface area contributed by atoms with Crippen LogP contribution in [-0.2, 0) is 0 Å². The van der Waals surface area contributed by atoms with Gasteiger partial charge in [-0.25, -0.2) is 9.48 Å². The maximum atomic E-state index is 12.2. The maximum absolute atomic E-state index is 12.2. The van der Waals surface area contributed by atoms with Gasteiger partial charge >= 0.3 is 6.03 Å². The smallest absolute Gasteiger partial charge is 0.319 e. The van der Waals surface area contributed by atoms with Crippen molar-refractivity contribution >= 4 is 11.7 Å². The number of carbonyl (C=O) groups is 1. The van der Waals surface area contributed by atoms with Gasteiger partial charge in [0, 0.05) is 32.0 Å². The molecule has 1 fully saturated rings. The number of urea groups is 1. The van der Waals surface area contributed by atoms with Crippen LogP contribution < -0.4 is 10.6 Å². The Bertz CT molecular complexity index is 705. The summed E-state index contributed by atoms with van der Waals surface area (Å²) in [6, 6.07) is 9.35. The number of hydrogen-bond donors (Lipinski definition) is 2. The number of hydrogen-bond acceptors (Lipinski definition) is 3. The normalized spacial score (nSPS) is 20.4. The Labute approximate surface area is 161 Å². The highest BCUT2D eigenvalue weighted by Gasteiger charge is 2.20. The minimum Gasteiger partial charge on any atom is -0.338 e. The van der Waals surface area contributed by atoms with Gasteiger partial charge in [0.05, 0.1) is 11.4 Å². The lowest BCUT2D eigenvalue weighted by Crippen LogP contribution is -2.39. The number of likely N-dealkylation sites (tertiary alicyclic amines) is 1. The summed E-state index contributed by atoms with van der Waals surface area (Å²) in [7, 11) is 0. The number of carbonyl (C=O) groups excluding carboxylic acids is 1. The minimum absolute atomic E-state index is 0.171. The van der Waals surface area contributed by atoms with Gasteiger partial charge in [-0.05, 0) is 55.8 Å². The summed E-state index contributed by atoms with van der Waals surface area (Å²) in [6.45, 7) is 8.92. The Morgan fingerprint density at radius 1 is 1.15 bits per heavy atom. The van der Waals surface area contributed by atoms with E-state index in [1.807, 2.05) is 36.5 Å². The van der Waals surface area contributed by atoms with Crippen LogP contribution in [0.25, 0.3) is 5.69 Å². The second kappa shape index (κ2) is 9.55. The molecule has 0 unspecified atom stereocenters. The standard InChI is InChI=1S/C21H31N5O/c1-17-14-18(2)16-25(15-17)12-6-5-10-22-21(27)24-19-8-3-4-9-20(19)26-13-7-11-23-26/h3-4,7-9,11,13,17-18H,5-6,10,12,14-16H2,1-2H3,(H2,22,24,27)/t17-,18-/m1/s1. The summed E-state index contributed by atoms with van der Waals surface area (Å²) in [5.41, 5.74) is 1.60. The topological polar surface area (TPSA) is 62.2 Å². The van der Waals surface area contributed by atoms with E-state index in [9.17, 15) is 4.79 Å². The molecule has 1 aromatic carbocycles. The molecule has 1 aliphatic heterocycles. The lowest BCUT2D eigenvalue weighted by Gasteiger charge is -2.34. The van der Waals surface area contributed by atoms with Crippen molar-refractivity contribution in [3.05, 3.63) is 42.7 Å². The van der Waals surface area contributed by atoms with Crippen LogP contribution in [0.1, 0.15) is 33.1 Å². The molecule has 3 rings (SSSR count). The highest BCUT2D eigenvalue weighted by molar-refractivity contribution is 5.91. The molecule has 6 nitrogen and oxygen atoms in total. The second-order valence-electron chi connectivity index (χ2n) is 7.76. The number of piperidine rings is 1. The van der Waals surface area contributed by atoms with Crippen molar-refractivity contribution in [2.24, 2.45) is 11.8 Å². The predicted molar refractivity (Wildman–Crippen MR) is 109 cm³/mol. The minimum atomic E-state index is -0.171. The van der Waals surface area contributed by atoms with Gasteiger partial charge in [-0.1, -0.05) is 26.0 Å². The van der Waals surface area contributed by atoms with E-state index in [2.05, 4.69) is 34.5 Å². The summed E-state index contributed by atoms with van der Waals surface area (Å²) in [4.78, 5) is 14.8. The molecule has 6 heteroatoms. The fourth-order valence-corrected chi connectivity index (χ4v) is 3.99. The second-order valence-corrected chi connectivity index (χ2v) is 7.76. The summed E-state index contributed by atoms with van der Waals surface area (Å²) in [5.74, 6) is 1.60. The zero-order valence-corrected chi connectivity index (χ0v) is 16.4. The third-order valence-corrected chi connectivity index (χ3v) is 5.03. The van der Waals surface area contributed by atoms with E-state index in [0.29, 0.717) is 6.54 Å². The number of nitrogens with one attached hydrogen (secondary N) is 2. The predicted octanol–water partition coefficient (Wildman–Crippen LogP) is 3.75. The van der Waals surface area contributed by atoms with Crippen molar-refractivity contribution in [3.8, 4) is 5.69 Å². The lowest BCUT2D eigenvalue weighted by atomic mass is 9.92. The van der Waals surface area contributed by atoms with E-state index in [1.165, 1.54) is 19.5 Å². The van der Waals surface area contributed by atoms with Crippen LogP contribution in [0, 0.1) is 11.8 Å². The largest absolute Gasteiger partial charge is 0.338 e. The molecule has 0 spiro atoms. The number of rotatable bonds is 7. The van der Waals surface area contributed by atoms with Crippen molar-refractivity contribution in [2.75, 3.05) is 31.5 Å². The van der Waals surface area contributed by atoms with Gasteiger partial charge in [-0.2, -0.15) is 5.10 Å². The fraction of sp³-hybridized carbons (Fsp3) is 0.524. The van der Waals surface area contributed by atoms with Gasteiger partial charge in [0.2, 0.25) is 0 Å². The number of anilines is 1. The van der Waals surface area contributed by atoms with Crippen LogP contribution in [0.15, 0.2) is 42.7 Å². The fourth-order valence-electron chi connectivity index (χ4n) is 3.99. The molecule has 1 saturated heterocycles. The highest BCUT2D eigenvalue weighted by atomic mass is 16.2. The molecule has 2 atom stereocenters. The third-order valence-electron chi connectivity index (χ3n) is 5.03. The van der Waals surface area contributed by atoms with E-state index in [1.54, 1.807) is 10.9 Å². The molecule has 2 aromatic rings. The number of para-hydroxylation sites is 2. The maximum Gasteiger partial charge on any atom is 0.319 e. The van der Waals surface area contributed by atoms with Crippen molar-refractivity contribution < 1.29 is 4.79 Å². The molecule has 2 N–H and O–H groups in total. The molecule has 2 heterocycles. The first-order valence-electron chi connectivity index (χ1n) is 9.98. The molecule has 1 aliphatic rings. The van der Waals surface area contributed by atoms with Gasteiger partial charge in [0.1, 0.15) is 0 Å². The van der Waals surface area contributed by atoms with E-state index < -0.39 is 0 Å². The van der Waals surface area contributed by atoms with E-state index in [0.717, 1.165) is 42.6 Å². The molecule has 1 aromatic heterocycles. The molecule has 0 bridgehead atoms. The SMILES string of the molecule is C[C@@H]1C[C@@H](C)CN(CCCCNC(=O)Nc2ccccc2-n2cccn2)C1. The molecular weight excluding hydrogens is 338 g/mol. The first-order chi connectivity index (χ1) is 13.1. The summed E-state index contributed by atoms with van der Waals surface area (Å²) in [6.07, 6.45) is 7.04. The molecule has 0 saturated carbocycles. The first kappa shape index (κ1) is 19.4. The lowest BCUT2D eigenvalue weighted by molar-refractivity contribution is 0.139. The van der Waals surface area contributed by atoms with Crippen LogP contribution in [-0.4, -0.2) is 46.9 Å². The average molecular weight is 370 g/mol. The van der Waals surface area contributed by atoms with Gasteiger partial charge in [-0.3, -0.25) is 0 Å². The van der Waals surface area contributed by atoms with Crippen LogP contribution >= 0.6 is 0 Å². The third kappa shape index (κ3) is 5.82. The summed E-state index contributed by atoms with van der Waals surface area (Å²) < 4.78 is 1.75. The van der Waals surface area contributed by atoms with E-state index in [-0.39, 0.29) is 6.03 Å². The Kier molecular flexibility index (Phi) is 6.87. The zero-order valence-electron chi connectivity index (χ0n) is 16.4. The quantitative estimate of drug-likeness (QED) is 0.731. The summed E-state index contributed by atoms with van der Waals surface area (Å²) in [5, 5.41) is 10.1.